The summed E-state index contributed by atoms with van der Waals surface area (Å²) in [6.45, 7) is 5.12. The molecule has 0 spiro atoms. The van der Waals surface area contributed by atoms with Crippen molar-refractivity contribution in [1.82, 2.24) is 10.2 Å². The van der Waals surface area contributed by atoms with Gasteiger partial charge in [-0.1, -0.05) is 6.07 Å². The molecule has 2 fully saturated rings. The molecule has 1 aromatic rings. The molecule has 0 radical (unpaired) electrons. The normalized spacial score (nSPS) is 19.5. The molecular weight excluding hydrogens is 264 g/mol. The Balaban J connectivity index is 1.43. The van der Waals surface area contributed by atoms with Crippen molar-refractivity contribution in [3.05, 3.63) is 24.3 Å². The van der Waals surface area contributed by atoms with E-state index in [-0.39, 0.29) is 5.91 Å². The fourth-order valence-corrected chi connectivity index (χ4v) is 2.72. The summed E-state index contributed by atoms with van der Waals surface area (Å²) in [4.78, 5) is 16.4. The van der Waals surface area contributed by atoms with E-state index < -0.39 is 0 Å². The zero-order valence-electron chi connectivity index (χ0n) is 12.4. The number of hydrogen-bond donors (Lipinski definition) is 2. The lowest BCUT2D eigenvalue weighted by atomic mass is 10.2. The third-order valence-electron chi connectivity index (χ3n) is 4.26. The molecule has 5 heteroatoms. The van der Waals surface area contributed by atoms with Gasteiger partial charge in [-0.05, 0) is 37.0 Å². The molecule has 3 N–H and O–H groups in total. The van der Waals surface area contributed by atoms with E-state index >= 15 is 0 Å². The van der Waals surface area contributed by atoms with Gasteiger partial charge in [0.05, 0.1) is 6.54 Å². The van der Waals surface area contributed by atoms with Crippen LogP contribution in [0.5, 0.6) is 0 Å². The van der Waals surface area contributed by atoms with Crippen molar-refractivity contribution >= 4 is 17.3 Å². The van der Waals surface area contributed by atoms with E-state index in [1.165, 1.54) is 18.5 Å². The average Bonchev–Trinajstić information content (AvgIpc) is 3.30. The lowest BCUT2D eigenvalue weighted by Crippen LogP contribution is -2.49. The highest BCUT2D eigenvalue weighted by Crippen LogP contribution is 2.27. The number of benzene rings is 1. The van der Waals surface area contributed by atoms with Crippen molar-refractivity contribution in [3.8, 4) is 0 Å². The first-order chi connectivity index (χ1) is 10.2. The molecule has 1 aromatic carbocycles. The maximum Gasteiger partial charge on any atom is 0.234 e. The number of carbonyl (C=O) groups excluding carboxylic acids is 1. The molecule has 1 aliphatic heterocycles. The molecule has 1 aliphatic carbocycles. The topological polar surface area (TPSA) is 61.6 Å². The van der Waals surface area contributed by atoms with Gasteiger partial charge in [0, 0.05) is 44.1 Å². The maximum absolute atomic E-state index is 11.9. The van der Waals surface area contributed by atoms with Crippen LogP contribution in [0.2, 0.25) is 0 Å². The van der Waals surface area contributed by atoms with Crippen LogP contribution < -0.4 is 16.0 Å². The molecule has 1 saturated carbocycles. The average molecular weight is 288 g/mol. The first-order valence-corrected chi connectivity index (χ1v) is 7.80. The molecule has 0 unspecified atom stereocenters. The SMILES string of the molecule is Nc1cccc(N2CCN(CC(=O)NCC3CC3)CC2)c1. The molecule has 1 amide bonds. The number of nitrogens with two attached hydrogens (primary N) is 1. The van der Waals surface area contributed by atoms with Crippen molar-refractivity contribution in [3.63, 3.8) is 0 Å². The number of piperazine rings is 1. The summed E-state index contributed by atoms with van der Waals surface area (Å²) in [5.41, 5.74) is 7.81. The molecule has 2 aliphatic rings. The number of carbonyl (C=O) groups is 1. The molecule has 0 atom stereocenters. The predicted octanol–water partition coefficient (Wildman–Crippen LogP) is 0.917. The van der Waals surface area contributed by atoms with Crippen LogP contribution in [0, 0.1) is 5.92 Å². The lowest BCUT2D eigenvalue weighted by Gasteiger charge is -2.35. The number of rotatable bonds is 5. The molecule has 114 valence electrons. The van der Waals surface area contributed by atoms with Crippen LogP contribution >= 0.6 is 0 Å². The second-order valence-corrected chi connectivity index (χ2v) is 6.11. The maximum atomic E-state index is 11.9. The second kappa shape index (κ2) is 6.35. The van der Waals surface area contributed by atoms with E-state index in [0.29, 0.717) is 6.54 Å². The first kappa shape index (κ1) is 14.2. The van der Waals surface area contributed by atoms with Gasteiger partial charge in [0.25, 0.3) is 0 Å². The summed E-state index contributed by atoms with van der Waals surface area (Å²) in [5, 5.41) is 3.03. The van der Waals surface area contributed by atoms with Gasteiger partial charge in [0.15, 0.2) is 0 Å². The van der Waals surface area contributed by atoms with E-state index in [2.05, 4.69) is 21.2 Å². The van der Waals surface area contributed by atoms with Crippen molar-refractivity contribution in [2.75, 3.05) is 49.9 Å². The van der Waals surface area contributed by atoms with Crippen LogP contribution in [0.1, 0.15) is 12.8 Å². The molecule has 1 heterocycles. The third kappa shape index (κ3) is 4.11. The Morgan fingerprint density at radius 1 is 1.24 bits per heavy atom. The fourth-order valence-electron chi connectivity index (χ4n) is 2.72. The number of nitrogens with zero attached hydrogens (tertiary/aromatic N) is 2. The van der Waals surface area contributed by atoms with Gasteiger partial charge in [-0.2, -0.15) is 0 Å². The minimum atomic E-state index is 0.166. The third-order valence-corrected chi connectivity index (χ3v) is 4.26. The van der Waals surface area contributed by atoms with Gasteiger partial charge in [0.1, 0.15) is 0 Å². The van der Waals surface area contributed by atoms with Gasteiger partial charge >= 0.3 is 0 Å². The highest BCUT2D eigenvalue weighted by atomic mass is 16.2. The molecule has 1 saturated heterocycles. The fraction of sp³-hybridized carbons (Fsp3) is 0.562. The summed E-state index contributed by atoms with van der Waals surface area (Å²) in [6, 6.07) is 8.00. The Labute approximate surface area is 126 Å². The summed E-state index contributed by atoms with van der Waals surface area (Å²) < 4.78 is 0. The standard InChI is InChI=1S/C16H24N4O/c17-14-2-1-3-15(10-14)20-8-6-19(7-9-20)12-16(21)18-11-13-4-5-13/h1-3,10,13H,4-9,11-12,17H2,(H,18,21). The highest BCUT2D eigenvalue weighted by molar-refractivity contribution is 5.78. The molecule has 21 heavy (non-hydrogen) atoms. The molecule has 0 aromatic heterocycles. The summed E-state index contributed by atoms with van der Waals surface area (Å²) in [6.07, 6.45) is 2.55. The predicted molar refractivity (Wildman–Crippen MR) is 85.2 cm³/mol. The molecule has 5 nitrogen and oxygen atoms in total. The smallest absolute Gasteiger partial charge is 0.234 e. The van der Waals surface area contributed by atoms with Crippen LogP contribution in [-0.4, -0.2) is 50.1 Å². The van der Waals surface area contributed by atoms with E-state index in [1.54, 1.807) is 0 Å². The summed E-state index contributed by atoms with van der Waals surface area (Å²) in [5.74, 6) is 0.911. The van der Waals surface area contributed by atoms with Crippen LogP contribution in [-0.2, 0) is 4.79 Å². The summed E-state index contributed by atoms with van der Waals surface area (Å²) in [7, 11) is 0. The zero-order chi connectivity index (χ0) is 14.7. The Kier molecular flexibility index (Phi) is 4.29. The molecular formula is C16H24N4O. The van der Waals surface area contributed by atoms with Gasteiger partial charge in [-0.3, -0.25) is 9.69 Å². The van der Waals surface area contributed by atoms with Crippen LogP contribution in [0.15, 0.2) is 24.3 Å². The monoisotopic (exact) mass is 288 g/mol. The van der Waals surface area contributed by atoms with E-state index in [0.717, 1.165) is 44.3 Å². The van der Waals surface area contributed by atoms with Crippen molar-refractivity contribution in [2.45, 2.75) is 12.8 Å². The van der Waals surface area contributed by atoms with Crippen LogP contribution in [0.25, 0.3) is 0 Å². The van der Waals surface area contributed by atoms with Crippen LogP contribution in [0.4, 0.5) is 11.4 Å². The molecule has 0 bridgehead atoms. The lowest BCUT2D eigenvalue weighted by molar-refractivity contribution is -0.122. The number of anilines is 2. The largest absolute Gasteiger partial charge is 0.399 e. The molecule has 3 rings (SSSR count). The van der Waals surface area contributed by atoms with Gasteiger partial charge in [0.2, 0.25) is 5.91 Å². The minimum absolute atomic E-state index is 0.166. The second-order valence-electron chi connectivity index (χ2n) is 6.11. The van der Waals surface area contributed by atoms with Crippen molar-refractivity contribution in [2.24, 2.45) is 5.92 Å². The number of hydrogen-bond acceptors (Lipinski definition) is 4. The number of nitrogens with one attached hydrogen (secondary N) is 1. The van der Waals surface area contributed by atoms with E-state index in [4.69, 9.17) is 5.73 Å². The summed E-state index contributed by atoms with van der Waals surface area (Å²) >= 11 is 0. The van der Waals surface area contributed by atoms with Crippen molar-refractivity contribution in [1.29, 1.82) is 0 Å². The van der Waals surface area contributed by atoms with E-state index in [9.17, 15) is 4.79 Å². The quantitative estimate of drug-likeness (QED) is 0.791. The number of nitrogen functional groups attached to an aromatic ring is 1. The van der Waals surface area contributed by atoms with Crippen molar-refractivity contribution < 1.29 is 4.79 Å². The van der Waals surface area contributed by atoms with Crippen LogP contribution in [0.3, 0.4) is 0 Å². The Bertz CT molecular complexity index is 493. The van der Waals surface area contributed by atoms with Gasteiger partial charge < -0.3 is 16.0 Å². The van der Waals surface area contributed by atoms with Gasteiger partial charge in [-0.25, -0.2) is 0 Å². The highest BCUT2D eigenvalue weighted by Gasteiger charge is 2.23. The minimum Gasteiger partial charge on any atom is -0.399 e. The Morgan fingerprint density at radius 3 is 2.67 bits per heavy atom. The zero-order valence-corrected chi connectivity index (χ0v) is 12.4. The first-order valence-electron chi connectivity index (χ1n) is 7.80. The Hall–Kier alpha value is -1.75. The van der Waals surface area contributed by atoms with E-state index in [1.807, 2.05) is 18.2 Å². The Morgan fingerprint density at radius 2 is 2.00 bits per heavy atom. The van der Waals surface area contributed by atoms with Gasteiger partial charge in [-0.15, -0.1) is 0 Å². The number of amides is 1.